The van der Waals surface area contributed by atoms with Crippen LogP contribution in [0.4, 0.5) is 0 Å². The second-order valence-electron chi connectivity index (χ2n) is 2.70. The Morgan fingerprint density at radius 3 is 2.29 bits per heavy atom. The maximum absolute atomic E-state index is 9.52. The van der Waals surface area contributed by atoms with Gasteiger partial charge < -0.3 is 19.7 Å². The Bertz CT molecular complexity index is 338. The molecule has 0 bridgehead atoms. The van der Waals surface area contributed by atoms with Crippen molar-refractivity contribution in [1.29, 1.82) is 0 Å². The molecule has 0 saturated carbocycles. The molecule has 0 aliphatic rings. The summed E-state index contributed by atoms with van der Waals surface area (Å²) in [6.45, 7) is -0.232. The zero-order chi connectivity index (χ0) is 10.7. The van der Waals surface area contributed by atoms with Crippen LogP contribution in [0.25, 0.3) is 0 Å². The molecular formula is C9H11BO4. The van der Waals surface area contributed by atoms with Crippen LogP contribution in [0.3, 0.4) is 0 Å². The van der Waals surface area contributed by atoms with E-state index in [1.165, 1.54) is 20.3 Å². The van der Waals surface area contributed by atoms with Crippen LogP contribution in [0.1, 0.15) is 5.56 Å². The van der Waals surface area contributed by atoms with Crippen LogP contribution in [0.15, 0.2) is 6.07 Å². The molecule has 1 rings (SSSR count). The highest BCUT2D eigenvalue weighted by Crippen LogP contribution is 2.37. The van der Waals surface area contributed by atoms with E-state index in [-0.39, 0.29) is 23.6 Å². The van der Waals surface area contributed by atoms with Crippen LogP contribution < -0.4 is 14.9 Å². The molecule has 0 spiro atoms. The van der Waals surface area contributed by atoms with E-state index < -0.39 is 0 Å². The lowest BCUT2D eigenvalue weighted by Gasteiger charge is -2.14. The number of aliphatic hydroxyl groups excluding tert-OH is 1. The third-order valence-corrected chi connectivity index (χ3v) is 1.89. The van der Waals surface area contributed by atoms with Gasteiger partial charge in [-0.05, 0) is 0 Å². The van der Waals surface area contributed by atoms with Crippen LogP contribution in [-0.2, 0) is 6.61 Å². The lowest BCUT2D eigenvalue weighted by Crippen LogP contribution is -2.08. The Morgan fingerprint density at radius 2 is 1.86 bits per heavy atom. The molecule has 0 fully saturated rings. The Morgan fingerprint density at radius 1 is 1.29 bits per heavy atom. The molecule has 0 aliphatic heterocycles. The van der Waals surface area contributed by atoms with E-state index in [1.807, 2.05) is 0 Å². The van der Waals surface area contributed by atoms with Crippen molar-refractivity contribution in [3.63, 3.8) is 0 Å². The largest absolute Gasteiger partial charge is 0.505 e. The molecule has 1 aromatic rings. The van der Waals surface area contributed by atoms with Gasteiger partial charge in [0.15, 0.2) is 11.5 Å². The summed E-state index contributed by atoms with van der Waals surface area (Å²) in [6.07, 6.45) is 0. The summed E-state index contributed by atoms with van der Waals surface area (Å²) >= 11 is 0. The number of ether oxygens (including phenoxy) is 2. The zero-order valence-electron chi connectivity index (χ0n) is 8.07. The van der Waals surface area contributed by atoms with E-state index in [0.717, 1.165) is 0 Å². The van der Waals surface area contributed by atoms with E-state index in [9.17, 15) is 5.11 Å². The molecule has 2 N–H and O–H groups in total. The molecule has 0 saturated heterocycles. The Balaban J connectivity index is 3.42. The molecule has 0 heterocycles. The normalized spacial score (nSPS) is 9.93. The van der Waals surface area contributed by atoms with Crippen LogP contribution in [0.2, 0.25) is 0 Å². The van der Waals surface area contributed by atoms with E-state index in [4.69, 9.17) is 22.4 Å². The van der Waals surface area contributed by atoms with E-state index >= 15 is 0 Å². The van der Waals surface area contributed by atoms with Crippen LogP contribution in [0, 0.1) is 0 Å². The summed E-state index contributed by atoms with van der Waals surface area (Å²) in [5.41, 5.74) is 0.617. The highest BCUT2D eigenvalue weighted by atomic mass is 16.5. The summed E-state index contributed by atoms with van der Waals surface area (Å²) in [4.78, 5) is 0. The van der Waals surface area contributed by atoms with Gasteiger partial charge in [-0.15, -0.1) is 0 Å². The van der Waals surface area contributed by atoms with Crippen molar-refractivity contribution < 1.29 is 19.7 Å². The van der Waals surface area contributed by atoms with E-state index in [0.29, 0.717) is 11.3 Å². The summed E-state index contributed by atoms with van der Waals surface area (Å²) < 4.78 is 9.92. The quantitative estimate of drug-likeness (QED) is 0.648. The number of phenols is 1. The number of rotatable bonds is 3. The molecule has 1 aromatic carbocycles. The minimum absolute atomic E-state index is 0.136. The standard InChI is InChI=1S/C9H11BO4/c1-13-8-5(4-11)3-6(10)7(12)9(8)14-2/h3,11-12H,4H2,1-2H3. The number of aliphatic hydroxyl groups is 1. The molecule has 2 radical (unpaired) electrons. The fourth-order valence-corrected chi connectivity index (χ4v) is 1.24. The number of benzene rings is 1. The highest BCUT2D eigenvalue weighted by molar-refractivity contribution is 6.34. The SMILES string of the molecule is [B]c1cc(CO)c(OC)c(OC)c1O. The molecule has 5 heteroatoms. The molecular weight excluding hydrogens is 183 g/mol. The first-order valence-electron chi connectivity index (χ1n) is 3.98. The number of hydrogen-bond donors (Lipinski definition) is 2. The van der Waals surface area contributed by atoms with Gasteiger partial charge in [0.2, 0.25) is 5.75 Å². The maximum atomic E-state index is 9.52. The first-order valence-corrected chi connectivity index (χ1v) is 3.98. The second-order valence-corrected chi connectivity index (χ2v) is 2.70. The molecule has 0 unspecified atom stereocenters. The van der Waals surface area contributed by atoms with Gasteiger partial charge in [0, 0.05) is 5.56 Å². The summed E-state index contributed by atoms with van der Waals surface area (Å²) in [5.74, 6) is 0.250. The molecule has 0 atom stereocenters. The minimum atomic E-state index is -0.232. The molecule has 14 heavy (non-hydrogen) atoms. The van der Waals surface area contributed by atoms with Gasteiger partial charge in [0.1, 0.15) is 7.85 Å². The van der Waals surface area contributed by atoms with Gasteiger partial charge >= 0.3 is 0 Å². The minimum Gasteiger partial charge on any atom is -0.505 e. The smallest absolute Gasteiger partial charge is 0.202 e. The van der Waals surface area contributed by atoms with Crippen molar-refractivity contribution in [2.75, 3.05) is 14.2 Å². The van der Waals surface area contributed by atoms with Gasteiger partial charge in [0.25, 0.3) is 0 Å². The summed E-state index contributed by atoms with van der Waals surface area (Å²) in [5, 5.41) is 18.5. The third kappa shape index (κ3) is 1.63. The molecule has 0 aliphatic carbocycles. The lowest BCUT2D eigenvalue weighted by molar-refractivity contribution is 0.268. The van der Waals surface area contributed by atoms with Crippen molar-refractivity contribution >= 4 is 13.3 Å². The Kier molecular flexibility index (Phi) is 3.25. The van der Waals surface area contributed by atoms with Gasteiger partial charge in [-0.1, -0.05) is 11.5 Å². The fraction of sp³-hybridized carbons (Fsp3) is 0.333. The van der Waals surface area contributed by atoms with Crippen molar-refractivity contribution in [2.45, 2.75) is 6.61 Å². The predicted octanol–water partition coefficient (Wildman–Crippen LogP) is -0.304. The highest BCUT2D eigenvalue weighted by Gasteiger charge is 2.16. The van der Waals surface area contributed by atoms with E-state index in [2.05, 4.69) is 0 Å². The topological polar surface area (TPSA) is 58.9 Å². The molecule has 0 amide bonds. The predicted molar refractivity (Wildman–Crippen MR) is 52.5 cm³/mol. The van der Waals surface area contributed by atoms with Crippen molar-refractivity contribution in [3.8, 4) is 17.2 Å². The number of aromatic hydroxyl groups is 1. The molecule has 0 aromatic heterocycles. The second kappa shape index (κ2) is 4.24. The summed E-state index contributed by atoms with van der Waals surface area (Å²) in [7, 11) is 8.31. The number of phenolic OH excluding ortho intramolecular Hbond substituents is 1. The van der Waals surface area contributed by atoms with Crippen molar-refractivity contribution in [3.05, 3.63) is 11.6 Å². The Labute approximate surface area is 83.5 Å². The average Bonchev–Trinajstić information content (AvgIpc) is 2.20. The first kappa shape index (κ1) is 10.7. The monoisotopic (exact) mass is 194 g/mol. The number of methoxy groups -OCH3 is 2. The fourth-order valence-electron chi connectivity index (χ4n) is 1.24. The Hall–Kier alpha value is -1.36. The number of hydrogen-bond acceptors (Lipinski definition) is 4. The van der Waals surface area contributed by atoms with Gasteiger partial charge in [-0.2, -0.15) is 0 Å². The van der Waals surface area contributed by atoms with Gasteiger partial charge in [-0.25, -0.2) is 0 Å². The molecule has 4 nitrogen and oxygen atoms in total. The maximum Gasteiger partial charge on any atom is 0.202 e. The van der Waals surface area contributed by atoms with Gasteiger partial charge in [-0.3, -0.25) is 0 Å². The zero-order valence-corrected chi connectivity index (χ0v) is 8.07. The molecule has 74 valence electrons. The van der Waals surface area contributed by atoms with Crippen molar-refractivity contribution in [2.24, 2.45) is 0 Å². The first-order chi connectivity index (χ1) is 6.65. The average molecular weight is 194 g/mol. The van der Waals surface area contributed by atoms with Crippen LogP contribution in [0.5, 0.6) is 17.2 Å². The van der Waals surface area contributed by atoms with E-state index in [1.54, 1.807) is 0 Å². The van der Waals surface area contributed by atoms with Crippen molar-refractivity contribution in [1.82, 2.24) is 0 Å². The van der Waals surface area contributed by atoms with Crippen LogP contribution in [-0.4, -0.2) is 32.3 Å². The van der Waals surface area contributed by atoms with Crippen LogP contribution >= 0.6 is 0 Å². The van der Waals surface area contributed by atoms with Gasteiger partial charge in [0.05, 0.1) is 20.8 Å². The lowest BCUT2D eigenvalue weighted by atomic mass is 9.92. The third-order valence-electron chi connectivity index (χ3n) is 1.89. The summed E-state index contributed by atoms with van der Waals surface area (Å²) in [6, 6.07) is 1.44.